The molecule has 1 aromatic heterocycles. The molecule has 0 unspecified atom stereocenters. The predicted molar refractivity (Wildman–Crippen MR) is 121 cm³/mol. The van der Waals surface area contributed by atoms with Crippen molar-refractivity contribution in [1.82, 2.24) is 19.8 Å². The molecular formula is C25H28N4O2. The molecule has 1 fully saturated rings. The van der Waals surface area contributed by atoms with Crippen LogP contribution in [-0.2, 0) is 19.5 Å². The van der Waals surface area contributed by atoms with Crippen LogP contribution in [0.1, 0.15) is 47.4 Å². The Bertz CT molecular complexity index is 1150. The minimum Gasteiger partial charge on any atom is -0.349 e. The number of nitrogens with zero attached hydrogens (tertiary/aromatic N) is 3. The summed E-state index contributed by atoms with van der Waals surface area (Å²) in [6.07, 6.45) is 5.16. The topological polar surface area (TPSA) is 67.2 Å². The van der Waals surface area contributed by atoms with Crippen LogP contribution in [-0.4, -0.2) is 39.5 Å². The van der Waals surface area contributed by atoms with E-state index in [1.54, 1.807) is 18.2 Å². The maximum atomic E-state index is 13.2. The summed E-state index contributed by atoms with van der Waals surface area (Å²) in [4.78, 5) is 33.0. The number of hydrogen-bond donors (Lipinski definition) is 1. The zero-order chi connectivity index (χ0) is 21.2. The number of aromatic nitrogens is 2. The third-order valence-electron chi connectivity index (χ3n) is 6.53. The number of rotatable bonds is 4. The van der Waals surface area contributed by atoms with E-state index in [-0.39, 0.29) is 17.5 Å². The number of carbonyl (C=O) groups excluding carboxylic acids is 1. The molecule has 0 bridgehead atoms. The van der Waals surface area contributed by atoms with Crippen molar-refractivity contribution in [2.45, 2.75) is 51.2 Å². The maximum absolute atomic E-state index is 13.2. The Balaban J connectivity index is 1.38. The fourth-order valence-corrected chi connectivity index (χ4v) is 4.78. The number of nitrogens with one attached hydrogen (secondary N) is 1. The highest BCUT2D eigenvalue weighted by Gasteiger charge is 2.20. The molecule has 0 radical (unpaired) electrons. The first kappa shape index (κ1) is 19.9. The van der Waals surface area contributed by atoms with Crippen LogP contribution < -0.4 is 10.9 Å². The largest absolute Gasteiger partial charge is 0.349 e. The van der Waals surface area contributed by atoms with Gasteiger partial charge in [-0.15, -0.1) is 0 Å². The monoisotopic (exact) mass is 416 g/mol. The summed E-state index contributed by atoms with van der Waals surface area (Å²) >= 11 is 0. The van der Waals surface area contributed by atoms with Gasteiger partial charge in [-0.1, -0.05) is 43.2 Å². The third kappa shape index (κ3) is 4.26. The smallest absolute Gasteiger partial charge is 0.261 e. The molecule has 2 heterocycles. The van der Waals surface area contributed by atoms with Gasteiger partial charge in [0.05, 0.1) is 10.9 Å². The summed E-state index contributed by atoms with van der Waals surface area (Å²) in [5.41, 5.74) is 2.46. The molecule has 0 saturated heterocycles. The quantitative estimate of drug-likeness (QED) is 0.710. The van der Waals surface area contributed by atoms with Gasteiger partial charge in [0, 0.05) is 44.2 Å². The van der Waals surface area contributed by atoms with Crippen molar-refractivity contribution < 1.29 is 4.79 Å². The van der Waals surface area contributed by atoms with Gasteiger partial charge >= 0.3 is 0 Å². The molecule has 5 rings (SSSR count). The molecule has 3 aromatic rings. The minimum atomic E-state index is -0.0697. The fraction of sp³-hybridized carbons (Fsp3) is 0.400. The average molecular weight is 417 g/mol. The fourth-order valence-electron chi connectivity index (χ4n) is 4.78. The van der Waals surface area contributed by atoms with Gasteiger partial charge in [-0.2, -0.15) is 0 Å². The summed E-state index contributed by atoms with van der Waals surface area (Å²) in [7, 11) is 0. The highest BCUT2D eigenvalue weighted by Crippen LogP contribution is 2.19. The molecule has 0 spiro atoms. The summed E-state index contributed by atoms with van der Waals surface area (Å²) in [5, 5.41) is 3.70. The van der Waals surface area contributed by atoms with E-state index in [1.807, 2.05) is 10.6 Å². The lowest BCUT2D eigenvalue weighted by Crippen LogP contribution is -2.32. The molecule has 1 aliphatic carbocycles. The van der Waals surface area contributed by atoms with E-state index in [4.69, 9.17) is 4.98 Å². The molecule has 1 amide bonds. The van der Waals surface area contributed by atoms with Crippen LogP contribution >= 0.6 is 0 Å². The highest BCUT2D eigenvalue weighted by atomic mass is 16.1. The average Bonchev–Trinajstić information content (AvgIpc) is 3.21. The van der Waals surface area contributed by atoms with Gasteiger partial charge in [-0.3, -0.25) is 19.1 Å². The van der Waals surface area contributed by atoms with Crippen LogP contribution in [0, 0.1) is 0 Å². The first-order valence-corrected chi connectivity index (χ1v) is 11.3. The Morgan fingerprint density at radius 3 is 2.65 bits per heavy atom. The molecule has 31 heavy (non-hydrogen) atoms. The summed E-state index contributed by atoms with van der Waals surface area (Å²) in [5.74, 6) is 0.737. The Morgan fingerprint density at radius 1 is 1.03 bits per heavy atom. The minimum absolute atomic E-state index is 0.00990. The van der Waals surface area contributed by atoms with Crippen molar-refractivity contribution in [2.75, 3.05) is 13.1 Å². The maximum Gasteiger partial charge on any atom is 0.261 e. The summed E-state index contributed by atoms with van der Waals surface area (Å²) < 4.78 is 1.81. The van der Waals surface area contributed by atoms with E-state index in [0.717, 1.165) is 44.7 Å². The Labute approximate surface area is 181 Å². The van der Waals surface area contributed by atoms with Gasteiger partial charge in [-0.05, 0) is 36.6 Å². The van der Waals surface area contributed by atoms with Crippen LogP contribution in [0.5, 0.6) is 0 Å². The lowest BCUT2D eigenvalue weighted by atomic mass is 10.1. The Hall–Kier alpha value is -2.99. The first-order valence-electron chi connectivity index (χ1n) is 11.3. The zero-order valence-corrected chi connectivity index (χ0v) is 17.7. The second-order valence-electron chi connectivity index (χ2n) is 8.68. The van der Waals surface area contributed by atoms with Crippen molar-refractivity contribution in [1.29, 1.82) is 0 Å². The van der Waals surface area contributed by atoms with Gasteiger partial charge < -0.3 is 5.32 Å². The number of fused-ring (bicyclic) bond motifs is 2. The van der Waals surface area contributed by atoms with Crippen LogP contribution in [0.4, 0.5) is 0 Å². The van der Waals surface area contributed by atoms with Gasteiger partial charge in [0.1, 0.15) is 5.82 Å². The lowest BCUT2D eigenvalue weighted by molar-refractivity contribution is 0.0938. The number of carbonyl (C=O) groups is 1. The van der Waals surface area contributed by atoms with E-state index in [1.165, 1.54) is 18.4 Å². The highest BCUT2D eigenvalue weighted by molar-refractivity contribution is 5.97. The van der Waals surface area contributed by atoms with E-state index >= 15 is 0 Å². The van der Waals surface area contributed by atoms with Crippen molar-refractivity contribution in [3.8, 4) is 0 Å². The van der Waals surface area contributed by atoms with Crippen molar-refractivity contribution >= 4 is 16.8 Å². The van der Waals surface area contributed by atoms with Crippen LogP contribution in [0.2, 0.25) is 0 Å². The molecule has 2 aromatic carbocycles. The third-order valence-corrected chi connectivity index (χ3v) is 6.53. The van der Waals surface area contributed by atoms with Crippen LogP contribution in [0.3, 0.4) is 0 Å². The van der Waals surface area contributed by atoms with Crippen molar-refractivity contribution in [3.05, 3.63) is 75.8 Å². The van der Waals surface area contributed by atoms with E-state index < -0.39 is 0 Å². The summed E-state index contributed by atoms with van der Waals surface area (Å²) in [6.45, 7) is 3.17. The van der Waals surface area contributed by atoms with Gasteiger partial charge in [0.25, 0.3) is 11.5 Å². The molecule has 1 aliphatic heterocycles. The predicted octanol–water partition coefficient (Wildman–Crippen LogP) is 3.13. The lowest BCUT2D eigenvalue weighted by Gasteiger charge is -2.19. The summed E-state index contributed by atoms with van der Waals surface area (Å²) in [6, 6.07) is 16.0. The molecule has 6 nitrogen and oxygen atoms in total. The number of amides is 1. The van der Waals surface area contributed by atoms with Crippen LogP contribution in [0.15, 0.2) is 53.3 Å². The molecule has 2 aliphatic rings. The zero-order valence-electron chi connectivity index (χ0n) is 17.7. The standard InChI is InChI=1S/C25H28N4O2/c30-24(26-20-8-4-5-9-20)19-10-11-21-22(16-19)27-23-12-13-28(14-15-29(23)25(21)31)17-18-6-2-1-3-7-18/h1-3,6-7,10-11,16,20H,4-5,8-9,12-15,17H2,(H,26,30). The van der Waals surface area contributed by atoms with E-state index in [9.17, 15) is 9.59 Å². The molecule has 6 heteroatoms. The normalized spacial score (nSPS) is 17.4. The molecule has 0 atom stereocenters. The number of benzene rings is 2. The molecule has 1 N–H and O–H groups in total. The van der Waals surface area contributed by atoms with Crippen molar-refractivity contribution in [3.63, 3.8) is 0 Å². The molecular weight excluding hydrogens is 388 g/mol. The number of hydrogen-bond acceptors (Lipinski definition) is 4. The van der Waals surface area contributed by atoms with E-state index in [0.29, 0.717) is 23.0 Å². The first-order chi connectivity index (χ1) is 15.2. The Morgan fingerprint density at radius 2 is 1.84 bits per heavy atom. The van der Waals surface area contributed by atoms with Crippen molar-refractivity contribution in [2.24, 2.45) is 0 Å². The van der Waals surface area contributed by atoms with Gasteiger partial charge in [0.15, 0.2) is 0 Å². The molecule has 1 saturated carbocycles. The molecule has 160 valence electrons. The SMILES string of the molecule is O=C(NC1CCCC1)c1ccc2c(=O)n3c(nc2c1)CCN(Cc1ccccc1)CC3. The second kappa shape index (κ2) is 8.63. The van der Waals surface area contributed by atoms with Gasteiger partial charge in [0.2, 0.25) is 0 Å². The van der Waals surface area contributed by atoms with Crippen LogP contribution in [0.25, 0.3) is 10.9 Å². The van der Waals surface area contributed by atoms with E-state index in [2.05, 4.69) is 34.5 Å². The second-order valence-corrected chi connectivity index (χ2v) is 8.68. The van der Waals surface area contributed by atoms with Gasteiger partial charge in [-0.25, -0.2) is 4.98 Å². The Kier molecular flexibility index (Phi) is 5.55.